The zero-order valence-corrected chi connectivity index (χ0v) is 16.9. The van der Waals surface area contributed by atoms with Crippen LogP contribution in [-0.2, 0) is 31.1 Å². The molecule has 0 radical (unpaired) electrons. The van der Waals surface area contributed by atoms with Crippen molar-refractivity contribution in [3.05, 3.63) is 76.9 Å². The molecule has 0 bridgehead atoms. The van der Waals surface area contributed by atoms with Gasteiger partial charge in [0, 0.05) is 0 Å². The van der Waals surface area contributed by atoms with E-state index in [1.807, 2.05) is 0 Å². The van der Waals surface area contributed by atoms with Gasteiger partial charge < -0.3 is 24.8 Å². The predicted molar refractivity (Wildman–Crippen MR) is 84.8 cm³/mol. The number of fused-ring (bicyclic) bond motifs is 3. The van der Waals surface area contributed by atoms with Crippen LogP contribution in [-0.4, -0.2) is 0 Å². The van der Waals surface area contributed by atoms with Gasteiger partial charge in [0.15, 0.2) is 0 Å². The molecule has 2 aromatic rings. The standard InChI is InChI=1S/C20H17.2ClH.Zr/c1-2-14-11-12-18-17-10-6-5-9-16(17)13-19(18)20(14)15-7-3-4-8-15;;;/h3-7,9-13H,2,8H2,1H3;2*1H;/q;;;+2/p-2. The monoisotopic (exact) mass is 417 g/mol. The SMILES string of the molecule is CCc1ccc2c(c1C1=CC=CC1)[CH]([Zr+2])c1ccccc1-2.[Cl-].[Cl-]. The first-order valence-corrected chi connectivity index (χ1v) is 9.05. The third kappa shape index (κ3) is 2.93. The molecule has 4 rings (SSSR count). The minimum Gasteiger partial charge on any atom is -1.00 e. The van der Waals surface area contributed by atoms with Gasteiger partial charge in [-0.15, -0.1) is 0 Å². The molecule has 3 heteroatoms. The molecule has 2 aliphatic rings. The van der Waals surface area contributed by atoms with Crippen LogP contribution in [0, 0.1) is 0 Å². The average Bonchev–Trinajstić information content (AvgIpc) is 3.15. The third-order valence-corrected chi connectivity index (χ3v) is 6.13. The molecule has 0 fully saturated rings. The van der Waals surface area contributed by atoms with Crippen LogP contribution in [0.25, 0.3) is 16.7 Å². The Hall–Kier alpha value is -0.617. The smallest absolute Gasteiger partial charge is 1.00 e. The molecule has 0 amide bonds. The van der Waals surface area contributed by atoms with Gasteiger partial charge in [0.2, 0.25) is 0 Å². The summed E-state index contributed by atoms with van der Waals surface area (Å²) in [6.45, 7) is 2.27. The fraction of sp³-hybridized carbons (Fsp3) is 0.200. The summed E-state index contributed by atoms with van der Waals surface area (Å²) in [5.74, 6) is 0. The van der Waals surface area contributed by atoms with Gasteiger partial charge in [0.05, 0.1) is 0 Å². The number of aryl methyl sites for hydroxylation is 1. The fourth-order valence-corrected chi connectivity index (χ4v) is 5.01. The summed E-state index contributed by atoms with van der Waals surface area (Å²) in [6, 6.07) is 13.6. The summed E-state index contributed by atoms with van der Waals surface area (Å²) in [4.78, 5) is 0. The molecule has 0 N–H and O–H groups in total. The molecule has 1 atom stereocenters. The van der Waals surface area contributed by atoms with E-state index in [4.69, 9.17) is 0 Å². The van der Waals surface area contributed by atoms with E-state index in [-0.39, 0.29) is 24.8 Å². The van der Waals surface area contributed by atoms with Crippen molar-refractivity contribution in [1.29, 1.82) is 0 Å². The minimum atomic E-state index is 0. The molecule has 0 spiro atoms. The second-order valence-electron chi connectivity index (χ2n) is 5.76. The van der Waals surface area contributed by atoms with Gasteiger partial charge in [-0.25, -0.2) is 0 Å². The van der Waals surface area contributed by atoms with Crippen LogP contribution in [0.4, 0.5) is 0 Å². The number of benzene rings is 2. The summed E-state index contributed by atoms with van der Waals surface area (Å²) >= 11 is 1.59. The first-order valence-electron chi connectivity index (χ1n) is 7.63. The van der Waals surface area contributed by atoms with E-state index in [0.29, 0.717) is 3.63 Å². The van der Waals surface area contributed by atoms with Crippen LogP contribution in [0.15, 0.2) is 54.6 Å². The number of hydrogen-bond donors (Lipinski definition) is 0. The van der Waals surface area contributed by atoms with Crippen molar-refractivity contribution in [1.82, 2.24) is 0 Å². The van der Waals surface area contributed by atoms with Crippen LogP contribution < -0.4 is 24.8 Å². The van der Waals surface area contributed by atoms with E-state index in [9.17, 15) is 0 Å². The molecule has 0 saturated heterocycles. The summed E-state index contributed by atoms with van der Waals surface area (Å²) < 4.78 is 0.589. The first kappa shape index (κ1) is 18.7. The maximum absolute atomic E-state index is 2.35. The van der Waals surface area contributed by atoms with Gasteiger partial charge in [-0.1, -0.05) is 0 Å². The summed E-state index contributed by atoms with van der Waals surface area (Å²) in [6.07, 6.45) is 8.98. The molecule has 0 aromatic heterocycles. The molecule has 2 aromatic carbocycles. The van der Waals surface area contributed by atoms with Gasteiger partial charge in [0.1, 0.15) is 0 Å². The van der Waals surface area contributed by atoms with Gasteiger partial charge in [0.25, 0.3) is 0 Å². The number of allylic oxidation sites excluding steroid dienone is 4. The Bertz CT molecular complexity index is 790. The van der Waals surface area contributed by atoms with E-state index in [1.165, 1.54) is 33.4 Å². The van der Waals surface area contributed by atoms with E-state index in [1.54, 1.807) is 30.3 Å². The fourth-order valence-electron chi connectivity index (χ4n) is 3.66. The van der Waals surface area contributed by atoms with E-state index in [0.717, 1.165) is 12.8 Å². The molecule has 2 aliphatic carbocycles. The maximum Gasteiger partial charge on any atom is -1.00 e. The van der Waals surface area contributed by atoms with Gasteiger partial charge in [-0.2, -0.15) is 0 Å². The average molecular weight is 419 g/mol. The molecule has 1 unspecified atom stereocenters. The molecule has 0 heterocycles. The Morgan fingerprint density at radius 3 is 2.52 bits per heavy atom. The Balaban J connectivity index is 0.000000960. The maximum atomic E-state index is 2.35. The second-order valence-corrected chi connectivity index (χ2v) is 7.18. The van der Waals surface area contributed by atoms with Crippen molar-refractivity contribution in [3.63, 3.8) is 0 Å². The molecule has 23 heavy (non-hydrogen) atoms. The zero-order valence-electron chi connectivity index (χ0n) is 12.9. The second kappa shape index (κ2) is 7.51. The molecule has 0 aliphatic heterocycles. The number of hydrogen-bond acceptors (Lipinski definition) is 0. The number of halogens is 2. The van der Waals surface area contributed by atoms with Gasteiger partial charge >= 0.3 is 142 Å². The van der Waals surface area contributed by atoms with Crippen LogP contribution in [0.2, 0.25) is 0 Å². The minimum absolute atomic E-state index is 0. The quantitative estimate of drug-likeness (QED) is 0.599. The van der Waals surface area contributed by atoms with Crippen LogP contribution in [0.3, 0.4) is 0 Å². The summed E-state index contributed by atoms with van der Waals surface area (Å²) in [5, 5.41) is 0. The number of rotatable bonds is 2. The van der Waals surface area contributed by atoms with Crippen molar-refractivity contribution in [2.75, 3.05) is 0 Å². The topological polar surface area (TPSA) is 0 Å². The molecular formula is C20H17Cl2Zr. The molecule has 0 saturated carbocycles. The largest absolute Gasteiger partial charge is 1.00 e. The van der Waals surface area contributed by atoms with Crippen molar-refractivity contribution in [2.24, 2.45) is 0 Å². The van der Waals surface area contributed by atoms with Crippen molar-refractivity contribution in [3.8, 4) is 11.1 Å². The van der Waals surface area contributed by atoms with Gasteiger partial charge in [-0.3, -0.25) is 0 Å². The normalized spacial score (nSPS) is 17.0. The van der Waals surface area contributed by atoms with Crippen molar-refractivity contribution in [2.45, 2.75) is 23.4 Å². The van der Waals surface area contributed by atoms with E-state index in [2.05, 4.69) is 61.5 Å². The predicted octanol–water partition coefficient (Wildman–Crippen LogP) is -0.783. The third-order valence-electron chi connectivity index (χ3n) is 4.66. The molecule has 0 nitrogen and oxygen atoms in total. The Kier molecular flexibility index (Phi) is 6.12. The molecule has 115 valence electrons. The summed E-state index contributed by atoms with van der Waals surface area (Å²) in [7, 11) is 0. The summed E-state index contributed by atoms with van der Waals surface area (Å²) in [5.41, 5.74) is 10.6. The first-order chi connectivity index (χ1) is 10.3. The Morgan fingerprint density at radius 1 is 1.04 bits per heavy atom. The van der Waals surface area contributed by atoms with Crippen LogP contribution in [0.1, 0.15) is 39.2 Å². The molecular weight excluding hydrogens is 402 g/mol. The van der Waals surface area contributed by atoms with Crippen LogP contribution >= 0.6 is 0 Å². The Labute approximate surface area is 165 Å². The van der Waals surface area contributed by atoms with Gasteiger partial charge in [-0.05, 0) is 0 Å². The van der Waals surface area contributed by atoms with E-state index < -0.39 is 0 Å². The van der Waals surface area contributed by atoms with Crippen LogP contribution in [0.5, 0.6) is 0 Å². The zero-order chi connectivity index (χ0) is 14.4. The van der Waals surface area contributed by atoms with Crippen molar-refractivity contribution >= 4 is 5.57 Å². The van der Waals surface area contributed by atoms with Crippen molar-refractivity contribution < 1.29 is 49.5 Å². The van der Waals surface area contributed by atoms with E-state index >= 15 is 0 Å². The Morgan fingerprint density at radius 2 is 1.83 bits per heavy atom.